The topological polar surface area (TPSA) is 81.0 Å². The lowest BCUT2D eigenvalue weighted by molar-refractivity contribution is -0.126. The average molecular weight is 477 g/mol. The van der Waals surface area contributed by atoms with Crippen LogP contribution in [0.4, 0.5) is 0 Å². The van der Waals surface area contributed by atoms with Crippen LogP contribution >= 0.6 is 0 Å². The molecule has 2 aromatic carbocycles. The first-order valence-electron chi connectivity index (χ1n) is 12.0. The molecule has 2 amide bonds. The van der Waals surface area contributed by atoms with Crippen LogP contribution in [0.25, 0.3) is 0 Å². The first-order valence-corrected chi connectivity index (χ1v) is 12.0. The quantitative estimate of drug-likeness (QED) is 0.455. The molecule has 1 atom stereocenters. The smallest absolute Gasteiger partial charge is 0.290 e. The number of nitrogens with zero attached hydrogens (tertiary/aromatic N) is 1. The molecule has 1 unspecified atom stereocenters. The minimum Gasteiger partial charge on any atom is -0.493 e. The van der Waals surface area contributed by atoms with Gasteiger partial charge in [0.2, 0.25) is 5.91 Å². The molecule has 4 rings (SSSR count). The number of carbonyl (C=O) groups excluding carboxylic acids is 2. The summed E-state index contributed by atoms with van der Waals surface area (Å²) in [7, 11) is 3.09. The summed E-state index contributed by atoms with van der Waals surface area (Å²) in [6, 6.07) is 17.7. The van der Waals surface area contributed by atoms with Gasteiger partial charge in [-0.1, -0.05) is 55.3 Å². The summed E-state index contributed by atoms with van der Waals surface area (Å²) < 4.78 is 16.6. The number of nitrogens with one attached hydrogen (secondary N) is 1. The summed E-state index contributed by atoms with van der Waals surface area (Å²) >= 11 is 0. The van der Waals surface area contributed by atoms with E-state index < -0.39 is 6.04 Å². The largest absolute Gasteiger partial charge is 0.493 e. The molecule has 1 saturated carbocycles. The van der Waals surface area contributed by atoms with Crippen molar-refractivity contribution in [2.75, 3.05) is 20.8 Å². The molecule has 184 valence electrons. The zero-order valence-electron chi connectivity index (χ0n) is 20.2. The van der Waals surface area contributed by atoms with E-state index in [0.717, 1.165) is 31.2 Å². The highest BCUT2D eigenvalue weighted by molar-refractivity contribution is 5.96. The van der Waals surface area contributed by atoms with Crippen molar-refractivity contribution in [3.05, 3.63) is 83.8 Å². The van der Waals surface area contributed by atoms with Gasteiger partial charge in [0.1, 0.15) is 6.04 Å². The van der Waals surface area contributed by atoms with Gasteiger partial charge in [-0.05, 0) is 43.0 Å². The lowest BCUT2D eigenvalue weighted by Gasteiger charge is -2.32. The number of amides is 2. The van der Waals surface area contributed by atoms with E-state index >= 15 is 0 Å². The molecule has 1 heterocycles. The van der Waals surface area contributed by atoms with Gasteiger partial charge in [0.05, 0.1) is 20.5 Å². The lowest BCUT2D eigenvalue weighted by atomic mass is 10.00. The van der Waals surface area contributed by atoms with Crippen LogP contribution in [0, 0.1) is 0 Å². The number of benzene rings is 2. The Labute approximate surface area is 206 Å². The van der Waals surface area contributed by atoms with Crippen LogP contribution in [0.5, 0.6) is 11.5 Å². The first-order chi connectivity index (χ1) is 17.1. The van der Waals surface area contributed by atoms with E-state index in [1.54, 1.807) is 36.3 Å². The standard InChI is InChI=1S/C28H32N2O5/c1-33-23-15-8-14-22(26(23)34-2)25(27(31)29-21-12-6-7-13-21)30(28(32)24-16-9-19-35-24)18-17-20-10-4-3-5-11-20/h3-5,8-11,14-16,19,21,25H,6-7,12-13,17-18H2,1-2H3,(H,29,31). The first kappa shape index (κ1) is 24.4. The zero-order valence-corrected chi connectivity index (χ0v) is 20.2. The van der Waals surface area contributed by atoms with Gasteiger partial charge in [-0.2, -0.15) is 0 Å². The lowest BCUT2D eigenvalue weighted by Crippen LogP contribution is -2.47. The Balaban J connectivity index is 1.76. The molecule has 0 bridgehead atoms. The third kappa shape index (κ3) is 5.67. The predicted molar refractivity (Wildman–Crippen MR) is 133 cm³/mol. The maximum Gasteiger partial charge on any atom is 0.290 e. The number of carbonyl (C=O) groups is 2. The fourth-order valence-corrected chi connectivity index (χ4v) is 4.71. The molecule has 0 aliphatic heterocycles. The second-order valence-electron chi connectivity index (χ2n) is 8.69. The Kier molecular flexibility index (Phi) is 8.08. The van der Waals surface area contributed by atoms with Crippen LogP contribution in [0.2, 0.25) is 0 Å². The Morgan fingerprint density at radius 2 is 1.77 bits per heavy atom. The van der Waals surface area contributed by atoms with Crippen molar-refractivity contribution in [2.24, 2.45) is 0 Å². The van der Waals surface area contributed by atoms with Crippen molar-refractivity contribution in [3.8, 4) is 11.5 Å². The maximum atomic E-state index is 13.9. The molecular weight excluding hydrogens is 444 g/mol. The van der Waals surface area contributed by atoms with E-state index in [1.807, 2.05) is 36.4 Å². The molecule has 1 aliphatic carbocycles. The molecule has 0 radical (unpaired) electrons. The molecule has 0 spiro atoms. The number of furan rings is 1. The number of rotatable bonds is 10. The summed E-state index contributed by atoms with van der Waals surface area (Å²) in [6.07, 6.45) is 6.07. The molecule has 1 N–H and O–H groups in total. The van der Waals surface area contributed by atoms with Crippen LogP contribution in [0.15, 0.2) is 71.3 Å². The van der Waals surface area contributed by atoms with Gasteiger partial charge in [0.25, 0.3) is 5.91 Å². The van der Waals surface area contributed by atoms with E-state index in [9.17, 15) is 9.59 Å². The fourth-order valence-electron chi connectivity index (χ4n) is 4.71. The van der Waals surface area contributed by atoms with Crippen LogP contribution in [-0.4, -0.2) is 43.5 Å². The molecule has 7 heteroatoms. The van der Waals surface area contributed by atoms with Gasteiger partial charge in [-0.15, -0.1) is 0 Å². The third-order valence-corrected chi connectivity index (χ3v) is 6.47. The third-order valence-electron chi connectivity index (χ3n) is 6.47. The number of ether oxygens (including phenoxy) is 2. The Hall–Kier alpha value is -3.74. The van der Waals surface area contributed by atoms with Crippen molar-refractivity contribution < 1.29 is 23.5 Å². The minimum atomic E-state index is -0.929. The minimum absolute atomic E-state index is 0.0938. The molecule has 35 heavy (non-hydrogen) atoms. The van der Waals surface area contributed by atoms with Crippen LogP contribution in [0.3, 0.4) is 0 Å². The summed E-state index contributed by atoms with van der Waals surface area (Å²) in [5.41, 5.74) is 1.63. The Morgan fingerprint density at radius 3 is 2.43 bits per heavy atom. The highest BCUT2D eigenvalue weighted by Crippen LogP contribution is 2.38. The van der Waals surface area contributed by atoms with Gasteiger partial charge in [-0.25, -0.2) is 0 Å². The number of para-hydroxylation sites is 1. The van der Waals surface area contributed by atoms with E-state index in [0.29, 0.717) is 30.0 Å². The summed E-state index contributed by atoms with van der Waals surface area (Å²) in [4.78, 5) is 29.2. The van der Waals surface area contributed by atoms with Crippen LogP contribution < -0.4 is 14.8 Å². The number of hydrogen-bond donors (Lipinski definition) is 1. The van der Waals surface area contributed by atoms with Crippen molar-refractivity contribution in [1.29, 1.82) is 0 Å². The van der Waals surface area contributed by atoms with Crippen molar-refractivity contribution in [2.45, 2.75) is 44.2 Å². The molecule has 1 aliphatic rings. The van der Waals surface area contributed by atoms with E-state index in [-0.39, 0.29) is 23.6 Å². The molecule has 1 aromatic heterocycles. The van der Waals surface area contributed by atoms with Gasteiger partial charge >= 0.3 is 0 Å². The second kappa shape index (κ2) is 11.6. The summed E-state index contributed by atoms with van der Waals surface area (Å²) in [5, 5.41) is 3.19. The highest BCUT2D eigenvalue weighted by Gasteiger charge is 2.36. The second-order valence-corrected chi connectivity index (χ2v) is 8.69. The molecule has 3 aromatic rings. The molecular formula is C28H32N2O5. The normalized spacial score (nSPS) is 14.3. The zero-order chi connectivity index (χ0) is 24.6. The van der Waals surface area contributed by atoms with Crippen molar-refractivity contribution in [3.63, 3.8) is 0 Å². The number of methoxy groups -OCH3 is 2. The molecule has 7 nitrogen and oxygen atoms in total. The van der Waals surface area contributed by atoms with E-state index in [2.05, 4.69) is 5.32 Å². The fraction of sp³-hybridized carbons (Fsp3) is 0.357. The van der Waals surface area contributed by atoms with Gasteiger partial charge in [-0.3, -0.25) is 9.59 Å². The monoisotopic (exact) mass is 476 g/mol. The summed E-state index contributed by atoms with van der Waals surface area (Å²) in [6.45, 7) is 0.312. The summed E-state index contributed by atoms with van der Waals surface area (Å²) in [5.74, 6) is 0.507. The van der Waals surface area contributed by atoms with Crippen molar-refractivity contribution >= 4 is 11.8 Å². The Bertz CT molecular complexity index is 1110. The van der Waals surface area contributed by atoms with Crippen LogP contribution in [0.1, 0.15) is 53.4 Å². The average Bonchev–Trinajstić information content (AvgIpc) is 3.61. The van der Waals surface area contributed by atoms with Gasteiger partial charge in [0.15, 0.2) is 17.3 Å². The molecule has 0 saturated heterocycles. The number of hydrogen-bond acceptors (Lipinski definition) is 5. The Morgan fingerprint density at radius 1 is 1.00 bits per heavy atom. The molecule has 1 fully saturated rings. The van der Waals surface area contributed by atoms with Crippen molar-refractivity contribution in [1.82, 2.24) is 10.2 Å². The van der Waals surface area contributed by atoms with E-state index in [1.165, 1.54) is 13.4 Å². The SMILES string of the molecule is COc1cccc(C(C(=O)NC2CCCC2)N(CCc2ccccc2)C(=O)c2ccco2)c1OC. The van der Waals surface area contributed by atoms with Crippen LogP contribution in [-0.2, 0) is 11.2 Å². The van der Waals surface area contributed by atoms with Gasteiger partial charge in [0, 0.05) is 18.2 Å². The predicted octanol–water partition coefficient (Wildman–Crippen LogP) is 4.78. The van der Waals surface area contributed by atoms with E-state index in [4.69, 9.17) is 13.9 Å². The van der Waals surface area contributed by atoms with Gasteiger partial charge < -0.3 is 24.1 Å². The maximum absolute atomic E-state index is 13.9. The highest BCUT2D eigenvalue weighted by atomic mass is 16.5.